The van der Waals surface area contributed by atoms with Crippen molar-refractivity contribution in [2.75, 3.05) is 26.2 Å². The molecule has 2 aromatic carbocycles. The van der Waals surface area contributed by atoms with Gasteiger partial charge >= 0.3 is 0 Å². The van der Waals surface area contributed by atoms with E-state index < -0.39 is 5.91 Å². The van der Waals surface area contributed by atoms with Crippen LogP contribution in [0.2, 0.25) is 0 Å². The summed E-state index contributed by atoms with van der Waals surface area (Å²) in [6, 6.07) is 14.8. The molecule has 0 spiro atoms. The fourth-order valence-electron chi connectivity index (χ4n) is 3.74. The first-order chi connectivity index (χ1) is 17.4. The van der Waals surface area contributed by atoms with Gasteiger partial charge < -0.3 is 24.8 Å². The molecule has 0 atom stereocenters. The lowest BCUT2D eigenvalue weighted by atomic mass is 10.1. The SMILES string of the molecule is COc1cc(N(Cc2cn(Cc3ccc(Br)cc3)nn2)c2ncccc2C(N)=O)cc(OC)c1OC. The molecule has 0 fully saturated rings. The summed E-state index contributed by atoms with van der Waals surface area (Å²) in [7, 11) is 4.61. The molecule has 0 aliphatic heterocycles. The van der Waals surface area contributed by atoms with Crippen LogP contribution in [0.4, 0.5) is 11.5 Å². The number of amides is 1. The third-order valence-electron chi connectivity index (χ3n) is 5.43. The van der Waals surface area contributed by atoms with Crippen LogP contribution in [0.5, 0.6) is 17.2 Å². The molecule has 0 radical (unpaired) electrons. The second-order valence-corrected chi connectivity index (χ2v) is 8.66. The van der Waals surface area contributed by atoms with Crippen molar-refractivity contribution in [1.82, 2.24) is 20.0 Å². The lowest BCUT2D eigenvalue weighted by Crippen LogP contribution is -2.23. The number of hydrogen-bond acceptors (Lipinski definition) is 8. The molecule has 0 unspecified atom stereocenters. The van der Waals surface area contributed by atoms with Crippen LogP contribution in [0.3, 0.4) is 0 Å². The van der Waals surface area contributed by atoms with Gasteiger partial charge in [-0.05, 0) is 29.8 Å². The van der Waals surface area contributed by atoms with E-state index in [4.69, 9.17) is 19.9 Å². The minimum Gasteiger partial charge on any atom is -0.493 e. The summed E-state index contributed by atoms with van der Waals surface area (Å²) in [5, 5.41) is 8.62. The van der Waals surface area contributed by atoms with Crippen molar-refractivity contribution in [3.05, 3.63) is 82.2 Å². The number of primary amides is 1. The molecule has 186 valence electrons. The lowest BCUT2D eigenvalue weighted by molar-refractivity contribution is 0.100. The van der Waals surface area contributed by atoms with Crippen LogP contribution in [-0.4, -0.2) is 47.2 Å². The maximum atomic E-state index is 12.2. The quantitative estimate of drug-likeness (QED) is 0.314. The number of ether oxygens (including phenoxy) is 3. The first-order valence-electron chi connectivity index (χ1n) is 10.9. The molecule has 4 rings (SSSR count). The Morgan fingerprint density at radius 2 is 1.75 bits per heavy atom. The van der Waals surface area contributed by atoms with E-state index in [0.29, 0.717) is 41.0 Å². The highest BCUT2D eigenvalue weighted by molar-refractivity contribution is 9.10. The molecule has 4 aromatic rings. The van der Waals surface area contributed by atoms with Crippen LogP contribution in [0.15, 0.2) is 65.4 Å². The van der Waals surface area contributed by atoms with Gasteiger partial charge in [0.15, 0.2) is 11.5 Å². The summed E-state index contributed by atoms with van der Waals surface area (Å²) in [6.07, 6.45) is 3.44. The summed E-state index contributed by atoms with van der Waals surface area (Å²) >= 11 is 3.45. The maximum absolute atomic E-state index is 12.2. The molecule has 1 amide bonds. The number of nitrogens with two attached hydrogens (primary N) is 1. The zero-order valence-electron chi connectivity index (χ0n) is 20.0. The molecule has 10 nitrogen and oxygen atoms in total. The Kier molecular flexibility index (Phi) is 7.69. The number of carbonyl (C=O) groups is 1. The zero-order valence-corrected chi connectivity index (χ0v) is 21.6. The van der Waals surface area contributed by atoms with Crippen LogP contribution >= 0.6 is 15.9 Å². The predicted molar refractivity (Wildman–Crippen MR) is 138 cm³/mol. The largest absolute Gasteiger partial charge is 0.493 e. The fraction of sp³-hybridized carbons (Fsp3) is 0.200. The van der Waals surface area contributed by atoms with Crippen molar-refractivity contribution in [3.8, 4) is 17.2 Å². The Labute approximate surface area is 216 Å². The number of benzene rings is 2. The van der Waals surface area contributed by atoms with E-state index in [1.54, 1.807) is 40.0 Å². The summed E-state index contributed by atoms with van der Waals surface area (Å²) in [6.45, 7) is 0.802. The van der Waals surface area contributed by atoms with Crippen LogP contribution in [-0.2, 0) is 13.1 Å². The predicted octanol–water partition coefficient (Wildman–Crippen LogP) is 3.95. The molecular weight excluding hydrogens is 528 g/mol. The van der Waals surface area contributed by atoms with Crippen molar-refractivity contribution in [3.63, 3.8) is 0 Å². The summed E-state index contributed by atoms with van der Waals surface area (Å²) < 4.78 is 19.3. The molecule has 0 bridgehead atoms. The van der Waals surface area contributed by atoms with Crippen molar-refractivity contribution in [1.29, 1.82) is 0 Å². The number of aromatic nitrogens is 4. The second-order valence-electron chi connectivity index (χ2n) is 7.74. The second kappa shape index (κ2) is 11.1. The highest BCUT2D eigenvalue weighted by atomic mass is 79.9. The highest BCUT2D eigenvalue weighted by Gasteiger charge is 2.23. The first-order valence-corrected chi connectivity index (χ1v) is 11.7. The minimum absolute atomic E-state index is 0.246. The van der Waals surface area contributed by atoms with Crippen LogP contribution in [0, 0.1) is 0 Å². The smallest absolute Gasteiger partial charge is 0.252 e. The molecule has 0 saturated carbocycles. The normalized spacial score (nSPS) is 10.7. The Morgan fingerprint density at radius 1 is 1.06 bits per heavy atom. The van der Waals surface area contributed by atoms with E-state index in [0.717, 1.165) is 10.0 Å². The molecular formula is C25H25BrN6O4. The van der Waals surface area contributed by atoms with Gasteiger partial charge in [-0.15, -0.1) is 5.10 Å². The van der Waals surface area contributed by atoms with Gasteiger partial charge in [0, 0.05) is 22.8 Å². The van der Waals surface area contributed by atoms with Gasteiger partial charge in [0.05, 0.1) is 51.9 Å². The van der Waals surface area contributed by atoms with Crippen LogP contribution in [0.25, 0.3) is 0 Å². The molecule has 11 heteroatoms. The number of pyridine rings is 1. The van der Waals surface area contributed by atoms with Gasteiger partial charge in [-0.3, -0.25) is 4.79 Å². The third-order valence-corrected chi connectivity index (χ3v) is 5.96. The molecule has 2 aromatic heterocycles. The highest BCUT2D eigenvalue weighted by Crippen LogP contribution is 2.43. The topological polar surface area (TPSA) is 118 Å². The molecule has 36 heavy (non-hydrogen) atoms. The van der Waals surface area contributed by atoms with Crippen LogP contribution < -0.4 is 24.8 Å². The van der Waals surface area contributed by atoms with Gasteiger partial charge in [0.25, 0.3) is 5.91 Å². The standard InChI is InChI=1S/C25H25BrN6O4/c1-34-21-11-19(12-22(35-2)23(21)36-3)32(25-20(24(27)33)5-4-10-28-25)15-18-14-31(30-29-18)13-16-6-8-17(26)9-7-16/h4-12,14H,13,15H2,1-3H3,(H2,27,33). The van der Waals surface area contributed by atoms with E-state index in [-0.39, 0.29) is 12.1 Å². The minimum atomic E-state index is -0.602. The molecule has 0 saturated heterocycles. The van der Waals surface area contributed by atoms with E-state index >= 15 is 0 Å². The average Bonchev–Trinajstić information content (AvgIpc) is 3.34. The molecule has 2 heterocycles. The third kappa shape index (κ3) is 5.41. The molecule has 0 aliphatic carbocycles. The number of nitrogens with zero attached hydrogens (tertiary/aromatic N) is 5. The number of hydrogen-bond donors (Lipinski definition) is 1. The van der Waals surface area contributed by atoms with E-state index in [2.05, 4.69) is 31.2 Å². The lowest BCUT2D eigenvalue weighted by Gasteiger charge is -2.26. The number of methoxy groups -OCH3 is 3. The molecule has 2 N–H and O–H groups in total. The van der Waals surface area contributed by atoms with Gasteiger partial charge in [-0.1, -0.05) is 33.3 Å². The number of rotatable bonds is 10. The first kappa shape index (κ1) is 25.0. The average molecular weight is 553 g/mol. The summed E-state index contributed by atoms with van der Waals surface area (Å²) in [5.74, 6) is 1.11. The van der Waals surface area contributed by atoms with Gasteiger partial charge in [-0.25, -0.2) is 9.67 Å². The van der Waals surface area contributed by atoms with Crippen LogP contribution in [0.1, 0.15) is 21.6 Å². The van der Waals surface area contributed by atoms with Gasteiger partial charge in [0.1, 0.15) is 11.5 Å². The van der Waals surface area contributed by atoms with Crippen molar-refractivity contribution >= 4 is 33.3 Å². The summed E-state index contributed by atoms with van der Waals surface area (Å²) in [4.78, 5) is 18.5. The Hall–Kier alpha value is -4.12. The van der Waals surface area contributed by atoms with Crippen molar-refractivity contribution in [2.45, 2.75) is 13.1 Å². The van der Waals surface area contributed by atoms with Gasteiger partial charge in [-0.2, -0.15) is 0 Å². The Morgan fingerprint density at radius 3 is 2.36 bits per heavy atom. The van der Waals surface area contributed by atoms with E-state index in [1.807, 2.05) is 30.5 Å². The van der Waals surface area contributed by atoms with Gasteiger partial charge in [0.2, 0.25) is 5.75 Å². The number of carbonyl (C=O) groups excluding carboxylic acids is 1. The zero-order chi connectivity index (χ0) is 25.7. The Bertz CT molecular complexity index is 1330. The van der Waals surface area contributed by atoms with E-state index in [9.17, 15) is 4.79 Å². The van der Waals surface area contributed by atoms with E-state index in [1.165, 1.54) is 21.3 Å². The maximum Gasteiger partial charge on any atom is 0.252 e. The van der Waals surface area contributed by atoms with Crippen molar-refractivity contribution in [2.24, 2.45) is 5.73 Å². The molecule has 0 aliphatic rings. The number of anilines is 2. The Balaban J connectivity index is 1.75. The monoisotopic (exact) mass is 552 g/mol. The fourth-order valence-corrected chi connectivity index (χ4v) is 4.01. The summed E-state index contributed by atoms with van der Waals surface area (Å²) in [5.41, 5.74) is 8.30. The number of halogens is 1. The van der Waals surface area contributed by atoms with Crippen molar-refractivity contribution < 1.29 is 19.0 Å².